The average molecular weight is 913 g/mol. The van der Waals surface area contributed by atoms with Crippen LogP contribution in [0.2, 0.25) is 20.1 Å². The van der Waals surface area contributed by atoms with Crippen LogP contribution in [0.5, 0.6) is 0 Å². The van der Waals surface area contributed by atoms with E-state index in [4.69, 9.17) is 46.4 Å². The van der Waals surface area contributed by atoms with E-state index in [1.54, 1.807) is 58.3 Å². The quantitative estimate of drug-likeness (QED) is 0.157. The number of rotatable bonds is 8. The number of hydrogen-bond acceptors (Lipinski definition) is 4. The third-order valence-corrected chi connectivity index (χ3v) is 13.5. The second-order valence-electron chi connectivity index (χ2n) is 15.9. The average Bonchev–Trinajstić information content (AvgIpc) is 4.15. The molecule has 0 radical (unpaired) electrons. The number of anilines is 2. The van der Waals surface area contributed by atoms with E-state index in [0.717, 1.165) is 11.1 Å². The van der Waals surface area contributed by atoms with E-state index < -0.39 is 34.4 Å². The minimum Gasteiger partial charge on any atom is -0.478 e. The van der Waals surface area contributed by atoms with E-state index in [1.165, 1.54) is 48.5 Å². The lowest BCUT2D eigenvalue weighted by molar-refractivity contribution is -0.121. The SMILES string of the molecule is O=C(O)c1cc(CN2C(=O)[C@@]3(C[C@H]3c3ccc(Cl)cc3)c3cc(F)ccc32)ccc1Cl.O=C(O)c1cc(CN2C(=O)[C@]3(C[C@@H]3c3ccc(Cl)cc3)c3cc(F)ccc32)ccc1Cl. The largest absolute Gasteiger partial charge is 0.478 e. The summed E-state index contributed by atoms with van der Waals surface area (Å²) in [4.78, 5) is 53.4. The zero-order chi connectivity index (χ0) is 43.8. The number of aromatic carboxylic acids is 2. The molecule has 2 amide bonds. The molecular weight excluding hydrogens is 880 g/mol. The van der Waals surface area contributed by atoms with Crippen LogP contribution in [0.15, 0.2) is 121 Å². The van der Waals surface area contributed by atoms with Crippen LogP contribution in [-0.2, 0) is 33.5 Å². The van der Waals surface area contributed by atoms with Gasteiger partial charge >= 0.3 is 11.9 Å². The molecule has 62 heavy (non-hydrogen) atoms. The van der Waals surface area contributed by atoms with Gasteiger partial charge in [-0.15, -0.1) is 0 Å². The Morgan fingerprint density at radius 3 is 1.27 bits per heavy atom. The molecular formula is C48H32Cl4F2N2O6. The summed E-state index contributed by atoms with van der Waals surface area (Å²) in [6, 6.07) is 32.9. The van der Waals surface area contributed by atoms with Crippen molar-refractivity contribution < 1.29 is 38.2 Å². The normalized spacial score (nSPS) is 21.5. The van der Waals surface area contributed by atoms with Gasteiger partial charge in [0.15, 0.2) is 0 Å². The van der Waals surface area contributed by atoms with Crippen molar-refractivity contribution >= 4 is 81.5 Å². The molecule has 14 heteroatoms. The van der Waals surface area contributed by atoms with Crippen molar-refractivity contribution in [3.05, 3.63) is 198 Å². The highest BCUT2D eigenvalue weighted by molar-refractivity contribution is 6.34. The summed E-state index contributed by atoms with van der Waals surface area (Å²) in [6.45, 7) is 0.341. The van der Waals surface area contributed by atoms with E-state index in [2.05, 4.69) is 0 Å². The highest BCUT2D eigenvalue weighted by Gasteiger charge is 2.68. The molecule has 6 aromatic carbocycles. The lowest BCUT2D eigenvalue weighted by atomic mass is 9.92. The lowest BCUT2D eigenvalue weighted by Crippen LogP contribution is -2.32. The minimum atomic E-state index is -1.14. The van der Waals surface area contributed by atoms with Gasteiger partial charge in [-0.1, -0.05) is 82.8 Å². The summed E-state index contributed by atoms with van der Waals surface area (Å²) >= 11 is 24.0. The third kappa shape index (κ3) is 6.99. The molecule has 0 aromatic heterocycles. The Hall–Kier alpha value is -5.78. The van der Waals surface area contributed by atoms with Crippen LogP contribution >= 0.6 is 46.4 Å². The first-order valence-electron chi connectivity index (χ1n) is 19.4. The third-order valence-electron chi connectivity index (χ3n) is 12.4. The maximum Gasteiger partial charge on any atom is 0.337 e. The summed E-state index contributed by atoms with van der Waals surface area (Å²) in [7, 11) is 0. The molecule has 4 atom stereocenters. The van der Waals surface area contributed by atoms with E-state index in [-0.39, 0.29) is 57.9 Å². The maximum atomic E-state index is 14.2. The first kappa shape index (κ1) is 41.6. The van der Waals surface area contributed by atoms with Gasteiger partial charge in [-0.2, -0.15) is 0 Å². The molecule has 2 aliphatic heterocycles. The Balaban J connectivity index is 0.000000158. The molecule has 6 aromatic rings. The first-order valence-corrected chi connectivity index (χ1v) is 20.9. The Morgan fingerprint density at radius 1 is 0.548 bits per heavy atom. The molecule has 2 fully saturated rings. The fraction of sp³-hybridized carbons (Fsp3) is 0.167. The Bertz CT molecular complexity index is 2680. The van der Waals surface area contributed by atoms with Gasteiger partial charge in [-0.25, -0.2) is 18.4 Å². The standard InChI is InChI=1S/2C24H16Cl2FNO3/c2*25-15-4-2-14(3-5-15)19-11-24(19)18-10-16(27)6-8-21(18)28(23(24)31)12-13-1-7-20(26)17(9-13)22(29)30/h2*1-10,19H,11-12H2,(H,29,30)/t2*19-,24-/m10/s1. The lowest BCUT2D eigenvalue weighted by Gasteiger charge is -2.19. The Kier molecular flexibility index (Phi) is 10.4. The van der Waals surface area contributed by atoms with Crippen LogP contribution in [0.25, 0.3) is 0 Å². The first-order chi connectivity index (χ1) is 29.6. The molecule has 2 heterocycles. The van der Waals surface area contributed by atoms with Crippen molar-refractivity contribution in [2.24, 2.45) is 0 Å². The maximum absolute atomic E-state index is 14.2. The van der Waals surface area contributed by atoms with Crippen LogP contribution in [0.3, 0.4) is 0 Å². The van der Waals surface area contributed by atoms with Crippen LogP contribution in [0, 0.1) is 11.6 Å². The molecule has 2 saturated carbocycles. The molecule has 0 unspecified atom stereocenters. The van der Waals surface area contributed by atoms with Crippen LogP contribution < -0.4 is 9.80 Å². The van der Waals surface area contributed by atoms with Gasteiger partial charge < -0.3 is 20.0 Å². The molecule has 0 saturated heterocycles. The topological polar surface area (TPSA) is 115 Å². The second-order valence-corrected chi connectivity index (χ2v) is 17.6. The predicted octanol–water partition coefficient (Wildman–Crippen LogP) is 11.6. The van der Waals surface area contributed by atoms with Gasteiger partial charge in [-0.3, -0.25) is 9.59 Å². The zero-order valence-electron chi connectivity index (χ0n) is 32.2. The van der Waals surface area contributed by atoms with E-state index in [1.807, 2.05) is 24.3 Å². The highest BCUT2D eigenvalue weighted by atomic mass is 35.5. The van der Waals surface area contributed by atoms with Crippen molar-refractivity contribution in [2.75, 3.05) is 9.80 Å². The number of carbonyl (C=O) groups excluding carboxylic acids is 2. The summed E-state index contributed by atoms with van der Waals surface area (Å²) in [5.74, 6) is -3.42. The summed E-state index contributed by atoms with van der Waals surface area (Å²) in [6.07, 6.45) is 1.17. The number of amides is 2. The molecule has 2 spiro atoms. The van der Waals surface area contributed by atoms with Crippen molar-refractivity contribution in [1.82, 2.24) is 0 Å². The molecule has 312 valence electrons. The van der Waals surface area contributed by atoms with Gasteiger partial charge in [0.05, 0.1) is 45.1 Å². The van der Waals surface area contributed by atoms with Crippen molar-refractivity contribution in [2.45, 2.75) is 48.6 Å². The van der Waals surface area contributed by atoms with Gasteiger partial charge in [0, 0.05) is 33.3 Å². The monoisotopic (exact) mass is 910 g/mol. The number of nitrogens with zero attached hydrogens (tertiary/aromatic N) is 2. The fourth-order valence-electron chi connectivity index (χ4n) is 9.27. The molecule has 4 aliphatic rings. The summed E-state index contributed by atoms with van der Waals surface area (Å²) in [5, 5.41) is 20.2. The smallest absolute Gasteiger partial charge is 0.337 e. The van der Waals surface area contributed by atoms with Crippen LogP contribution in [0.1, 0.15) is 78.8 Å². The summed E-state index contributed by atoms with van der Waals surface area (Å²) < 4.78 is 28.3. The minimum absolute atomic E-state index is 0.0229. The van der Waals surface area contributed by atoms with E-state index in [9.17, 15) is 38.2 Å². The number of halogens is 6. The Labute approximate surface area is 373 Å². The number of hydrogen-bond donors (Lipinski definition) is 2. The van der Waals surface area contributed by atoms with Gasteiger partial charge in [-0.05, 0) is 131 Å². The molecule has 2 N–H and O–H groups in total. The number of carboxylic acids is 2. The van der Waals surface area contributed by atoms with E-state index >= 15 is 0 Å². The predicted molar refractivity (Wildman–Crippen MR) is 233 cm³/mol. The summed E-state index contributed by atoms with van der Waals surface area (Å²) in [5.41, 5.74) is 4.19. The molecule has 2 aliphatic carbocycles. The highest BCUT2D eigenvalue weighted by Crippen LogP contribution is 2.68. The van der Waals surface area contributed by atoms with Crippen molar-refractivity contribution in [1.29, 1.82) is 0 Å². The Morgan fingerprint density at radius 2 is 0.919 bits per heavy atom. The molecule has 10 rings (SSSR count). The van der Waals surface area contributed by atoms with Gasteiger partial charge in [0.25, 0.3) is 0 Å². The molecule has 0 bridgehead atoms. The number of benzene rings is 6. The van der Waals surface area contributed by atoms with Crippen molar-refractivity contribution in [3.63, 3.8) is 0 Å². The second kappa shape index (κ2) is 15.5. The van der Waals surface area contributed by atoms with Crippen LogP contribution in [0.4, 0.5) is 20.2 Å². The van der Waals surface area contributed by atoms with E-state index in [0.29, 0.717) is 56.5 Å². The van der Waals surface area contributed by atoms with Crippen molar-refractivity contribution in [3.8, 4) is 0 Å². The molecule has 8 nitrogen and oxygen atoms in total. The van der Waals surface area contributed by atoms with Gasteiger partial charge in [0.1, 0.15) is 11.6 Å². The van der Waals surface area contributed by atoms with Crippen LogP contribution in [-0.4, -0.2) is 34.0 Å². The number of fused-ring (bicyclic) bond motifs is 4. The zero-order valence-corrected chi connectivity index (χ0v) is 35.2. The number of carboxylic acid groups (broad SMARTS) is 2. The fourth-order valence-corrected chi connectivity index (χ4v) is 9.92. The number of carbonyl (C=O) groups is 4. The van der Waals surface area contributed by atoms with Gasteiger partial charge in [0.2, 0.25) is 11.8 Å².